The van der Waals surface area contributed by atoms with E-state index in [4.69, 9.17) is 15.2 Å². The van der Waals surface area contributed by atoms with Gasteiger partial charge in [-0.05, 0) is 80.1 Å². The maximum Gasteiger partial charge on any atom is 0.334 e. The van der Waals surface area contributed by atoms with E-state index in [0.717, 1.165) is 37.0 Å². The van der Waals surface area contributed by atoms with Crippen LogP contribution >= 0.6 is 24.8 Å². The van der Waals surface area contributed by atoms with Crippen LogP contribution in [-0.2, 0) is 16.0 Å². The lowest BCUT2D eigenvalue weighted by Crippen LogP contribution is -2.47. The summed E-state index contributed by atoms with van der Waals surface area (Å²) >= 11 is 0. The van der Waals surface area contributed by atoms with Crippen LogP contribution in [0, 0.1) is 11.8 Å². The Kier molecular flexibility index (Phi) is 12.4. The quantitative estimate of drug-likeness (QED) is 0.362. The predicted molar refractivity (Wildman–Crippen MR) is 147 cm³/mol. The van der Waals surface area contributed by atoms with Gasteiger partial charge in [-0.15, -0.1) is 24.8 Å². The molecule has 2 aromatic carbocycles. The highest BCUT2D eigenvalue weighted by Gasteiger charge is 2.30. The molecule has 1 heterocycles. The summed E-state index contributed by atoms with van der Waals surface area (Å²) in [5, 5.41) is 2.96. The van der Waals surface area contributed by atoms with Crippen LogP contribution < -0.4 is 20.5 Å². The van der Waals surface area contributed by atoms with Gasteiger partial charge in [0.1, 0.15) is 23.3 Å². The molecule has 1 aliphatic rings. The van der Waals surface area contributed by atoms with E-state index in [1.807, 2.05) is 54.6 Å². The molecule has 0 saturated heterocycles. The van der Waals surface area contributed by atoms with Gasteiger partial charge in [0.15, 0.2) is 0 Å². The van der Waals surface area contributed by atoms with Gasteiger partial charge in [-0.2, -0.15) is 0 Å². The van der Waals surface area contributed by atoms with Crippen molar-refractivity contribution >= 4 is 36.7 Å². The van der Waals surface area contributed by atoms with E-state index < -0.39 is 12.0 Å². The molecule has 198 valence electrons. The second-order valence-electron chi connectivity index (χ2n) is 8.89. The maximum atomic E-state index is 13.1. The Morgan fingerprint density at radius 3 is 2.24 bits per heavy atom. The number of carbonyl (C=O) groups excluding carboxylic acids is 2. The van der Waals surface area contributed by atoms with Crippen molar-refractivity contribution in [3.63, 3.8) is 0 Å². The standard InChI is InChI=1S/C28H31N3O4.2ClH/c29-19-20-9-11-22(12-10-20)27(32)31-26(28(33)35-24-13-15-30-16-14-24)18-21-5-4-8-25(17-21)34-23-6-2-1-3-7-23;;/h1-8,13-17,20,22,26H,9-12,18-19,29H2,(H,31,32);2*1H. The minimum atomic E-state index is -0.838. The van der Waals surface area contributed by atoms with Gasteiger partial charge in [0.05, 0.1) is 0 Å². The van der Waals surface area contributed by atoms with Crippen LogP contribution in [0.25, 0.3) is 0 Å². The number of nitrogens with two attached hydrogens (primary N) is 1. The predicted octanol–water partition coefficient (Wildman–Crippen LogP) is 5.12. The number of amides is 1. The molecule has 1 unspecified atom stereocenters. The van der Waals surface area contributed by atoms with Crippen LogP contribution in [0.3, 0.4) is 0 Å². The third-order valence-electron chi connectivity index (χ3n) is 6.34. The molecule has 3 N–H and O–H groups in total. The molecule has 1 saturated carbocycles. The highest BCUT2D eigenvalue weighted by molar-refractivity contribution is 5.87. The number of benzene rings is 2. The number of rotatable bonds is 9. The lowest BCUT2D eigenvalue weighted by Gasteiger charge is -2.28. The van der Waals surface area contributed by atoms with Crippen molar-refractivity contribution in [2.24, 2.45) is 17.6 Å². The fourth-order valence-electron chi connectivity index (χ4n) is 4.33. The number of ether oxygens (including phenoxy) is 2. The van der Waals surface area contributed by atoms with Gasteiger partial charge in [-0.25, -0.2) is 4.79 Å². The third-order valence-corrected chi connectivity index (χ3v) is 6.34. The van der Waals surface area contributed by atoms with Crippen molar-refractivity contribution < 1.29 is 19.1 Å². The van der Waals surface area contributed by atoms with Gasteiger partial charge in [0.25, 0.3) is 0 Å². The SMILES string of the molecule is Cl.Cl.NCC1CCC(C(=O)NC(Cc2cccc(Oc3ccccc3)c2)C(=O)Oc2ccncc2)CC1. The highest BCUT2D eigenvalue weighted by Crippen LogP contribution is 2.28. The number of hydrogen-bond acceptors (Lipinski definition) is 6. The molecule has 0 bridgehead atoms. The molecule has 0 spiro atoms. The number of hydrogen-bond donors (Lipinski definition) is 2. The largest absolute Gasteiger partial charge is 0.457 e. The van der Waals surface area contributed by atoms with Gasteiger partial charge in [0, 0.05) is 24.7 Å². The van der Waals surface area contributed by atoms with E-state index in [2.05, 4.69) is 10.3 Å². The first-order valence-electron chi connectivity index (χ1n) is 12.0. The van der Waals surface area contributed by atoms with Gasteiger partial charge in [-0.3, -0.25) is 9.78 Å². The second kappa shape index (κ2) is 15.2. The zero-order valence-electron chi connectivity index (χ0n) is 20.5. The van der Waals surface area contributed by atoms with Crippen LogP contribution in [0.1, 0.15) is 31.2 Å². The first-order valence-corrected chi connectivity index (χ1v) is 12.0. The molecule has 9 heteroatoms. The number of para-hydroxylation sites is 1. The average Bonchev–Trinajstić information content (AvgIpc) is 2.89. The lowest BCUT2D eigenvalue weighted by molar-refractivity contribution is -0.140. The molecule has 0 radical (unpaired) electrons. The van der Waals surface area contributed by atoms with Gasteiger partial charge in [0.2, 0.25) is 5.91 Å². The normalized spacial score (nSPS) is 17.3. The van der Waals surface area contributed by atoms with E-state index in [-0.39, 0.29) is 43.1 Å². The molecule has 37 heavy (non-hydrogen) atoms. The fourth-order valence-corrected chi connectivity index (χ4v) is 4.33. The molecule has 1 atom stereocenters. The monoisotopic (exact) mass is 545 g/mol. The maximum absolute atomic E-state index is 13.1. The third kappa shape index (κ3) is 9.04. The summed E-state index contributed by atoms with van der Waals surface area (Å²) in [6.07, 6.45) is 6.80. The average molecular weight is 546 g/mol. The van der Waals surface area contributed by atoms with E-state index in [1.165, 1.54) is 0 Å². The fraction of sp³-hybridized carbons (Fsp3) is 0.321. The Labute approximate surface area is 230 Å². The molecule has 3 aromatic rings. The molecular weight excluding hydrogens is 513 g/mol. The minimum Gasteiger partial charge on any atom is -0.457 e. The second-order valence-corrected chi connectivity index (χ2v) is 8.89. The summed E-state index contributed by atoms with van der Waals surface area (Å²) in [6, 6.07) is 19.4. The smallest absolute Gasteiger partial charge is 0.334 e. The van der Waals surface area contributed by atoms with Crippen LogP contribution in [0.2, 0.25) is 0 Å². The van der Waals surface area contributed by atoms with E-state index in [1.54, 1.807) is 24.5 Å². The van der Waals surface area contributed by atoms with E-state index >= 15 is 0 Å². The van der Waals surface area contributed by atoms with E-state index in [0.29, 0.717) is 24.0 Å². The van der Waals surface area contributed by atoms with Crippen LogP contribution in [-0.4, -0.2) is 29.4 Å². The van der Waals surface area contributed by atoms with Gasteiger partial charge >= 0.3 is 5.97 Å². The summed E-state index contributed by atoms with van der Waals surface area (Å²) in [7, 11) is 0. The highest BCUT2D eigenvalue weighted by atomic mass is 35.5. The van der Waals surface area contributed by atoms with Crippen molar-refractivity contribution in [2.75, 3.05) is 6.54 Å². The van der Waals surface area contributed by atoms with Crippen molar-refractivity contribution in [3.05, 3.63) is 84.7 Å². The Morgan fingerprint density at radius 2 is 1.57 bits per heavy atom. The number of aromatic nitrogens is 1. The summed E-state index contributed by atoms with van der Waals surface area (Å²) in [6.45, 7) is 0.649. The lowest BCUT2D eigenvalue weighted by atomic mass is 9.81. The topological polar surface area (TPSA) is 104 Å². The zero-order valence-corrected chi connectivity index (χ0v) is 22.1. The zero-order chi connectivity index (χ0) is 24.5. The summed E-state index contributed by atoms with van der Waals surface area (Å²) in [5.74, 6) is 1.47. The van der Waals surface area contributed by atoms with Crippen molar-refractivity contribution in [1.82, 2.24) is 10.3 Å². The van der Waals surface area contributed by atoms with Crippen molar-refractivity contribution in [2.45, 2.75) is 38.1 Å². The van der Waals surface area contributed by atoms with E-state index in [9.17, 15) is 9.59 Å². The summed E-state index contributed by atoms with van der Waals surface area (Å²) in [4.78, 5) is 30.1. The number of halogens is 2. The molecule has 1 aromatic heterocycles. The molecule has 7 nitrogen and oxygen atoms in total. The van der Waals surface area contributed by atoms with Gasteiger partial charge < -0.3 is 20.5 Å². The molecular formula is C28H33Cl2N3O4. The number of pyridine rings is 1. The number of nitrogens with one attached hydrogen (secondary N) is 1. The summed E-state index contributed by atoms with van der Waals surface area (Å²) in [5.41, 5.74) is 6.64. The molecule has 0 aliphatic heterocycles. The molecule has 1 amide bonds. The van der Waals surface area contributed by atoms with Crippen molar-refractivity contribution in [1.29, 1.82) is 0 Å². The molecule has 1 fully saturated rings. The Balaban J connectivity index is 0.00000241. The first kappa shape index (κ1) is 30.1. The summed E-state index contributed by atoms with van der Waals surface area (Å²) < 4.78 is 11.5. The van der Waals surface area contributed by atoms with Crippen LogP contribution in [0.15, 0.2) is 79.1 Å². The molecule has 4 rings (SSSR count). The number of nitrogens with zero attached hydrogens (tertiary/aromatic N) is 1. The number of esters is 1. The first-order chi connectivity index (χ1) is 17.1. The Bertz CT molecular complexity index is 1110. The Hall–Kier alpha value is -3.13. The van der Waals surface area contributed by atoms with Gasteiger partial charge in [-0.1, -0.05) is 30.3 Å². The van der Waals surface area contributed by atoms with Crippen LogP contribution in [0.4, 0.5) is 0 Å². The van der Waals surface area contributed by atoms with Crippen molar-refractivity contribution in [3.8, 4) is 17.2 Å². The Morgan fingerprint density at radius 1 is 0.892 bits per heavy atom. The van der Waals surface area contributed by atoms with Crippen LogP contribution in [0.5, 0.6) is 17.2 Å². The minimum absolute atomic E-state index is 0. The number of carbonyl (C=O) groups is 2. The molecule has 1 aliphatic carbocycles.